The van der Waals surface area contributed by atoms with E-state index in [1.165, 1.54) is 5.56 Å². The van der Waals surface area contributed by atoms with E-state index in [0.717, 1.165) is 31.7 Å². The smallest absolute Gasteiger partial charge is 0.330 e. The highest BCUT2D eigenvalue weighted by molar-refractivity contribution is 5.82. The molecule has 1 aliphatic rings. The van der Waals surface area contributed by atoms with Crippen LogP contribution in [0.25, 0.3) is 0 Å². The van der Waals surface area contributed by atoms with Crippen LogP contribution in [0.5, 0.6) is 0 Å². The van der Waals surface area contributed by atoms with Crippen molar-refractivity contribution in [3.63, 3.8) is 0 Å². The van der Waals surface area contributed by atoms with Gasteiger partial charge < -0.3 is 10.1 Å². The fourth-order valence-electron chi connectivity index (χ4n) is 2.69. The fraction of sp³-hybridized carbons (Fsp3) is 0.562. The minimum Gasteiger partial charge on any atom is -0.464 e. The minimum atomic E-state index is -0.703. The van der Waals surface area contributed by atoms with E-state index in [-0.39, 0.29) is 5.97 Å². The molecule has 0 saturated carbocycles. The van der Waals surface area contributed by atoms with Crippen LogP contribution in [0.4, 0.5) is 0 Å². The first-order valence-corrected chi connectivity index (χ1v) is 7.29. The summed E-state index contributed by atoms with van der Waals surface area (Å²) in [6, 6.07) is 8.17. The van der Waals surface area contributed by atoms with Crippen LogP contribution >= 0.6 is 0 Å². The average molecular weight is 276 g/mol. The van der Waals surface area contributed by atoms with Crippen molar-refractivity contribution in [1.82, 2.24) is 10.2 Å². The van der Waals surface area contributed by atoms with Gasteiger partial charge in [-0.1, -0.05) is 29.8 Å². The van der Waals surface area contributed by atoms with Crippen molar-refractivity contribution in [2.24, 2.45) is 0 Å². The molecule has 0 spiro atoms. The van der Waals surface area contributed by atoms with Gasteiger partial charge in [-0.25, -0.2) is 4.79 Å². The molecule has 1 aliphatic heterocycles. The summed E-state index contributed by atoms with van der Waals surface area (Å²) in [7, 11) is 0. The lowest BCUT2D eigenvalue weighted by atomic mass is 9.88. The van der Waals surface area contributed by atoms with Gasteiger partial charge in [0, 0.05) is 26.2 Å². The van der Waals surface area contributed by atoms with Gasteiger partial charge in [0.1, 0.15) is 5.54 Å². The number of aryl methyl sites for hydroxylation is 1. The van der Waals surface area contributed by atoms with E-state index >= 15 is 0 Å². The Kier molecular flexibility index (Phi) is 4.78. The van der Waals surface area contributed by atoms with Crippen LogP contribution in [0.3, 0.4) is 0 Å². The Morgan fingerprint density at radius 2 is 1.90 bits per heavy atom. The summed E-state index contributed by atoms with van der Waals surface area (Å²) < 4.78 is 5.34. The molecule has 0 bridgehead atoms. The Morgan fingerprint density at radius 3 is 2.45 bits per heavy atom. The summed E-state index contributed by atoms with van der Waals surface area (Å²) in [5.74, 6) is -0.161. The molecule has 1 aromatic rings. The molecular weight excluding hydrogens is 252 g/mol. The predicted octanol–water partition coefficient (Wildman–Crippen LogP) is 1.68. The van der Waals surface area contributed by atoms with E-state index in [1.807, 2.05) is 26.0 Å². The van der Waals surface area contributed by atoms with Crippen molar-refractivity contribution in [1.29, 1.82) is 0 Å². The zero-order chi connectivity index (χ0) is 14.6. The molecule has 0 radical (unpaired) electrons. The summed E-state index contributed by atoms with van der Waals surface area (Å²) >= 11 is 0. The number of rotatable bonds is 4. The summed E-state index contributed by atoms with van der Waals surface area (Å²) in [6.07, 6.45) is 0. The van der Waals surface area contributed by atoms with Gasteiger partial charge >= 0.3 is 5.97 Å². The van der Waals surface area contributed by atoms with Crippen molar-refractivity contribution < 1.29 is 9.53 Å². The highest BCUT2D eigenvalue weighted by Gasteiger charge is 2.42. The van der Waals surface area contributed by atoms with Crippen molar-refractivity contribution >= 4 is 5.97 Å². The number of benzene rings is 1. The first-order chi connectivity index (χ1) is 9.59. The summed E-state index contributed by atoms with van der Waals surface area (Å²) in [5, 5.41) is 3.32. The maximum atomic E-state index is 12.6. The molecule has 4 nitrogen and oxygen atoms in total. The highest BCUT2D eigenvalue weighted by atomic mass is 16.5. The molecule has 110 valence electrons. The summed E-state index contributed by atoms with van der Waals surface area (Å²) in [5.41, 5.74) is 1.50. The van der Waals surface area contributed by atoms with Crippen LogP contribution in [0.15, 0.2) is 24.3 Å². The second-order valence-corrected chi connectivity index (χ2v) is 5.40. The molecule has 1 heterocycles. The van der Waals surface area contributed by atoms with Crippen LogP contribution in [-0.4, -0.2) is 43.7 Å². The molecule has 0 aromatic heterocycles. The molecule has 0 aliphatic carbocycles. The van der Waals surface area contributed by atoms with E-state index in [9.17, 15) is 4.79 Å². The predicted molar refractivity (Wildman–Crippen MR) is 79.6 cm³/mol. The third-order valence-electron chi connectivity index (χ3n) is 4.04. The molecule has 1 unspecified atom stereocenters. The number of hydrogen-bond acceptors (Lipinski definition) is 4. The van der Waals surface area contributed by atoms with Gasteiger partial charge in [-0.15, -0.1) is 0 Å². The second kappa shape index (κ2) is 6.37. The Labute approximate surface area is 121 Å². The molecular formula is C16H24N2O2. The molecule has 2 rings (SSSR count). The van der Waals surface area contributed by atoms with Crippen molar-refractivity contribution in [3.05, 3.63) is 35.4 Å². The number of carbonyl (C=O) groups is 1. The standard InChI is InChI=1S/C16H24N2O2/c1-4-20-15(19)16(3,18-11-9-17-10-12-18)14-7-5-13(2)6-8-14/h5-8,17H,4,9-12H2,1-3H3. The molecule has 1 fully saturated rings. The molecule has 1 saturated heterocycles. The topological polar surface area (TPSA) is 41.6 Å². The van der Waals surface area contributed by atoms with Crippen molar-refractivity contribution in [2.75, 3.05) is 32.8 Å². The van der Waals surface area contributed by atoms with Crippen molar-refractivity contribution in [2.45, 2.75) is 26.3 Å². The molecule has 20 heavy (non-hydrogen) atoms. The lowest BCUT2D eigenvalue weighted by Crippen LogP contribution is -2.57. The number of esters is 1. The van der Waals surface area contributed by atoms with Crippen molar-refractivity contribution in [3.8, 4) is 0 Å². The monoisotopic (exact) mass is 276 g/mol. The third kappa shape index (κ3) is 2.86. The van der Waals surface area contributed by atoms with Gasteiger partial charge in [-0.05, 0) is 26.3 Å². The van der Waals surface area contributed by atoms with E-state index in [4.69, 9.17) is 4.74 Å². The van der Waals surface area contributed by atoms with Crippen LogP contribution in [0.1, 0.15) is 25.0 Å². The Balaban J connectivity index is 2.36. The van der Waals surface area contributed by atoms with Gasteiger partial charge in [-0.2, -0.15) is 0 Å². The van der Waals surface area contributed by atoms with E-state index in [1.54, 1.807) is 0 Å². The van der Waals surface area contributed by atoms with E-state index in [2.05, 4.69) is 29.3 Å². The molecule has 1 N–H and O–H groups in total. The number of hydrogen-bond donors (Lipinski definition) is 1. The zero-order valence-corrected chi connectivity index (χ0v) is 12.6. The minimum absolute atomic E-state index is 0.161. The molecule has 1 atom stereocenters. The lowest BCUT2D eigenvalue weighted by Gasteiger charge is -2.41. The third-order valence-corrected chi connectivity index (χ3v) is 4.04. The lowest BCUT2D eigenvalue weighted by molar-refractivity contribution is -0.158. The zero-order valence-electron chi connectivity index (χ0n) is 12.6. The fourth-order valence-corrected chi connectivity index (χ4v) is 2.69. The quantitative estimate of drug-likeness (QED) is 0.850. The van der Waals surface area contributed by atoms with Gasteiger partial charge in [0.25, 0.3) is 0 Å². The van der Waals surface area contributed by atoms with Gasteiger partial charge in [0.05, 0.1) is 6.61 Å². The summed E-state index contributed by atoms with van der Waals surface area (Å²) in [6.45, 7) is 9.79. The second-order valence-electron chi connectivity index (χ2n) is 5.40. The summed E-state index contributed by atoms with van der Waals surface area (Å²) in [4.78, 5) is 14.8. The normalized spacial score (nSPS) is 19.4. The molecule has 4 heteroatoms. The maximum Gasteiger partial charge on any atom is 0.330 e. The first kappa shape index (κ1) is 15.0. The average Bonchev–Trinajstić information content (AvgIpc) is 2.48. The Morgan fingerprint density at radius 1 is 1.30 bits per heavy atom. The SMILES string of the molecule is CCOC(=O)C(C)(c1ccc(C)cc1)N1CCNCC1. The van der Waals surface area contributed by atoms with Crippen LogP contribution < -0.4 is 5.32 Å². The van der Waals surface area contributed by atoms with Crippen LogP contribution in [0, 0.1) is 6.92 Å². The first-order valence-electron chi connectivity index (χ1n) is 7.29. The van der Waals surface area contributed by atoms with Gasteiger partial charge in [0.15, 0.2) is 0 Å². The number of nitrogens with zero attached hydrogens (tertiary/aromatic N) is 1. The van der Waals surface area contributed by atoms with Gasteiger partial charge in [0.2, 0.25) is 0 Å². The van der Waals surface area contributed by atoms with Crippen LogP contribution in [-0.2, 0) is 15.1 Å². The highest BCUT2D eigenvalue weighted by Crippen LogP contribution is 2.30. The largest absolute Gasteiger partial charge is 0.464 e. The van der Waals surface area contributed by atoms with Crippen LogP contribution in [0.2, 0.25) is 0 Å². The number of ether oxygens (including phenoxy) is 1. The Bertz CT molecular complexity index is 452. The van der Waals surface area contributed by atoms with E-state index in [0.29, 0.717) is 6.61 Å². The molecule has 0 amide bonds. The van der Waals surface area contributed by atoms with E-state index < -0.39 is 5.54 Å². The number of piperazine rings is 1. The number of nitrogens with one attached hydrogen (secondary N) is 1. The maximum absolute atomic E-state index is 12.6. The Hall–Kier alpha value is -1.39. The van der Waals surface area contributed by atoms with Gasteiger partial charge in [-0.3, -0.25) is 4.90 Å². The number of carbonyl (C=O) groups excluding carboxylic acids is 1. The molecule has 1 aromatic carbocycles.